The van der Waals surface area contributed by atoms with E-state index in [-0.39, 0.29) is 4.21 Å². The Labute approximate surface area is 162 Å². The maximum Gasteiger partial charge on any atom is 0.334 e. The van der Waals surface area contributed by atoms with Crippen LogP contribution in [-0.2, 0) is 10.0 Å². The summed E-state index contributed by atoms with van der Waals surface area (Å²) in [5.41, 5.74) is 0.605. The standard InChI is InChI=1S/C13H9Br2N3O3S3/c1-6-8-4-7(14)2-3-9(8)22-11(6)24(20,21)18-12(19)17-13-16-5-10(15)23-13/h2-5H,1H3,(H2,16,17,18,19). The fourth-order valence-electron chi connectivity index (χ4n) is 2.03. The van der Waals surface area contributed by atoms with Crippen molar-refractivity contribution in [2.24, 2.45) is 0 Å². The summed E-state index contributed by atoms with van der Waals surface area (Å²) < 4.78 is 29.6. The molecule has 1 aromatic carbocycles. The van der Waals surface area contributed by atoms with Gasteiger partial charge in [-0.25, -0.2) is 22.9 Å². The van der Waals surface area contributed by atoms with Gasteiger partial charge in [0.15, 0.2) is 5.13 Å². The number of benzene rings is 1. The van der Waals surface area contributed by atoms with Crippen LogP contribution >= 0.6 is 54.5 Å². The summed E-state index contributed by atoms with van der Waals surface area (Å²) >= 11 is 8.89. The number of amides is 2. The fourth-order valence-corrected chi connectivity index (χ4v) is 6.15. The van der Waals surface area contributed by atoms with Crippen LogP contribution in [0.3, 0.4) is 0 Å². The number of halogens is 2. The largest absolute Gasteiger partial charge is 0.334 e. The lowest BCUT2D eigenvalue weighted by Gasteiger charge is -2.06. The van der Waals surface area contributed by atoms with E-state index in [0.29, 0.717) is 10.7 Å². The molecule has 0 fully saturated rings. The van der Waals surface area contributed by atoms with E-state index in [0.717, 1.165) is 29.7 Å². The molecule has 2 N–H and O–H groups in total. The average Bonchev–Trinajstić information content (AvgIpc) is 3.03. The third-order valence-corrected chi connectivity index (χ3v) is 8.13. The first kappa shape index (κ1) is 17.8. The van der Waals surface area contributed by atoms with Gasteiger partial charge in [0.05, 0.1) is 9.98 Å². The summed E-state index contributed by atoms with van der Waals surface area (Å²) in [6, 6.07) is 4.68. The lowest BCUT2D eigenvalue weighted by atomic mass is 10.2. The van der Waals surface area contributed by atoms with Crippen molar-refractivity contribution < 1.29 is 13.2 Å². The summed E-state index contributed by atoms with van der Waals surface area (Å²) in [5, 5.41) is 3.53. The average molecular weight is 511 g/mol. The molecule has 0 radical (unpaired) electrons. The van der Waals surface area contributed by atoms with Gasteiger partial charge in [-0.15, -0.1) is 11.3 Å². The number of hydrogen-bond acceptors (Lipinski definition) is 6. The molecule has 0 aliphatic heterocycles. The molecule has 2 heterocycles. The van der Waals surface area contributed by atoms with E-state index < -0.39 is 16.1 Å². The van der Waals surface area contributed by atoms with Gasteiger partial charge in [0.25, 0.3) is 10.0 Å². The Morgan fingerprint density at radius 3 is 2.67 bits per heavy atom. The minimum absolute atomic E-state index is 0.117. The number of aromatic nitrogens is 1. The zero-order valence-corrected chi connectivity index (χ0v) is 17.6. The lowest BCUT2D eigenvalue weighted by Crippen LogP contribution is -2.34. The number of carbonyl (C=O) groups is 1. The molecular formula is C13H9Br2N3O3S3. The van der Waals surface area contributed by atoms with Gasteiger partial charge in [0.2, 0.25) is 0 Å². The van der Waals surface area contributed by atoms with Crippen molar-refractivity contribution in [3.05, 3.63) is 38.2 Å². The second kappa shape index (κ2) is 6.71. The molecular weight excluding hydrogens is 502 g/mol. The first-order valence-corrected chi connectivity index (χ1v) is 11.1. The molecule has 0 spiro atoms. The topological polar surface area (TPSA) is 88.2 Å². The minimum Gasteiger partial charge on any atom is -0.283 e. The number of fused-ring (bicyclic) bond motifs is 1. The van der Waals surface area contributed by atoms with Gasteiger partial charge in [-0.1, -0.05) is 27.3 Å². The second-order valence-electron chi connectivity index (χ2n) is 4.68. The first-order valence-electron chi connectivity index (χ1n) is 6.40. The molecule has 0 saturated heterocycles. The number of nitrogens with zero attached hydrogens (tertiary/aromatic N) is 1. The quantitative estimate of drug-likeness (QED) is 0.534. The number of hydrogen-bond donors (Lipinski definition) is 2. The molecule has 11 heteroatoms. The number of urea groups is 1. The van der Waals surface area contributed by atoms with Crippen LogP contribution in [0.1, 0.15) is 5.56 Å². The minimum atomic E-state index is -3.97. The molecule has 2 amide bonds. The predicted molar refractivity (Wildman–Crippen MR) is 103 cm³/mol. The highest BCUT2D eigenvalue weighted by molar-refractivity contribution is 9.11. The predicted octanol–water partition coefficient (Wildman–Crippen LogP) is 4.70. The molecule has 0 aliphatic rings. The van der Waals surface area contributed by atoms with Crippen LogP contribution in [0.4, 0.5) is 9.93 Å². The van der Waals surface area contributed by atoms with E-state index in [1.165, 1.54) is 17.5 Å². The lowest BCUT2D eigenvalue weighted by molar-refractivity contribution is 0.256. The Hall–Kier alpha value is -1.01. The molecule has 0 atom stereocenters. The van der Waals surface area contributed by atoms with Gasteiger partial charge in [0, 0.05) is 9.17 Å². The van der Waals surface area contributed by atoms with Crippen LogP contribution in [0.15, 0.2) is 36.9 Å². The monoisotopic (exact) mass is 509 g/mol. The van der Waals surface area contributed by atoms with Crippen LogP contribution in [0.5, 0.6) is 0 Å². The van der Waals surface area contributed by atoms with Crippen molar-refractivity contribution >= 4 is 85.8 Å². The van der Waals surface area contributed by atoms with Gasteiger partial charge in [0.1, 0.15) is 4.21 Å². The third kappa shape index (κ3) is 3.64. The van der Waals surface area contributed by atoms with Crippen molar-refractivity contribution in [2.45, 2.75) is 11.1 Å². The van der Waals surface area contributed by atoms with Crippen LogP contribution < -0.4 is 10.0 Å². The molecule has 0 bridgehead atoms. The van der Waals surface area contributed by atoms with Crippen LogP contribution in [0.25, 0.3) is 10.1 Å². The van der Waals surface area contributed by atoms with Gasteiger partial charge >= 0.3 is 6.03 Å². The van der Waals surface area contributed by atoms with Gasteiger partial charge in [-0.2, -0.15) is 0 Å². The molecule has 0 aliphatic carbocycles. The van der Waals surface area contributed by atoms with E-state index in [9.17, 15) is 13.2 Å². The van der Waals surface area contributed by atoms with E-state index in [4.69, 9.17) is 0 Å². The van der Waals surface area contributed by atoms with Crippen molar-refractivity contribution in [2.75, 3.05) is 5.32 Å². The number of nitrogens with one attached hydrogen (secondary N) is 2. The van der Waals surface area contributed by atoms with Gasteiger partial charge in [-0.3, -0.25) is 5.32 Å². The molecule has 3 rings (SSSR count). The van der Waals surface area contributed by atoms with Crippen molar-refractivity contribution in [3.8, 4) is 0 Å². The fraction of sp³-hybridized carbons (Fsp3) is 0.0769. The highest BCUT2D eigenvalue weighted by atomic mass is 79.9. The summed E-state index contributed by atoms with van der Waals surface area (Å²) in [6.45, 7) is 1.72. The summed E-state index contributed by atoms with van der Waals surface area (Å²) in [6.07, 6.45) is 1.52. The molecule has 126 valence electrons. The van der Waals surface area contributed by atoms with Crippen molar-refractivity contribution in [1.82, 2.24) is 9.71 Å². The highest BCUT2D eigenvalue weighted by Crippen LogP contribution is 2.35. The number of carbonyl (C=O) groups excluding carboxylic acids is 1. The Balaban J connectivity index is 1.87. The third-order valence-electron chi connectivity index (χ3n) is 3.02. The number of thiazole rings is 1. The van der Waals surface area contributed by atoms with E-state index in [2.05, 4.69) is 42.2 Å². The molecule has 2 aromatic heterocycles. The number of sulfonamides is 1. The first-order chi connectivity index (χ1) is 11.3. The molecule has 6 nitrogen and oxygen atoms in total. The Bertz CT molecular complexity index is 1040. The molecule has 3 aromatic rings. The highest BCUT2D eigenvalue weighted by Gasteiger charge is 2.24. The van der Waals surface area contributed by atoms with Crippen LogP contribution in [-0.4, -0.2) is 19.4 Å². The summed E-state index contributed by atoms with van der Waals surface area (Å²) in [7, 11) is -3.97. The van der Waals surface area contributed by atoms with Crippen molar-refractivity contribution in [3.63, 3.8) is 0 Å². The number of aryl methyl sites for hydroxylation is 1. The van der Waals surface area contributed by atoms with Crippen LogP contribution in [0.2, 0.25) is 0 Å². The SMILES string of the molecule is Cc1c(S(=O)(=O)NC(=O)Nc2ncc(Br)s2)sc2ccc(Br)cc12. The van der Waals surface area contributed by atoms with Gasteiger partial charge < -0.3 is 0 Å². The summed E-state index contributed by atoms with van der Waals surface area (Å²) in [4.78, 5) is 15.9. The van der Waals surface area contributed by atoms with Crippen LogP contribution in [0, 0.1) is 6.92 Å². The zero-order valence-electron chi connectivity index (χ0n) is 12.0. The smallest absolute Gasteiger partial charge is 0.283 e. The van der Waals surface area contributed by atoms with E-state index in [1.54, 1.807) is 6.92 Å². The molecule has 0 unspecified atom stereocenters. The number of anilines is 1. The maximum atomic E-state index is 12.5. The summed E-state index contributed by atoms with van der Waals surface area (Å²) in [5.74, 6) is 0. The second-order valence-corrected chi connectivity index (χ2v) is 10.9. The maximum absolute atomic E-state index is 12.5. The Morgan fingerprint density at radius 2 is 2.00 bits per heavy atom. The Morgan fingerprint density at radius 1 is 1.25 bits per heavy atom. The Kier molecular flexibility index (Phi) is 4.98. The molecule has 24 heavy (non-hydrogen) atoms. The molecule has 0 saturated carbocycles. The van der Waals surface area contributed by atoms with E-state index >= 15 is 0 Å². The van der Waals surface area contributed by atoms with E-state index in [1.807, 2.05) is 22.9 Å². The van der Waals surface area contributed by atoms with Gasteiger partial charge in [-0.05, 0) is 52.0 Å². The zero-order chi connectivity index (χ0) is 17.5. The normalized spacial score (nSPS) is 11.6. The number of thiophene rings is 1. The number of rotatable bonds is 3. The van der Waals surface area contributed by atoms with Crippen molar-refractivity contribution in [1.29, 1.82) is 0 Å².